The molecular weight excluding hydrogens is 608 g/mol. The number of esters is 2. The van der Waals surface area contributed by atoms with Crippen molar-refractivity contribution >= 4 is 11.9 Å². The van der Waals surface area contributed by atoms with Crippen LogP contribution in [0.5, 0.6) is 0 Å². The molecule has 5 nitrogen and oxygen atoms in total. The lowest BCUT2D eigenvalue weighted by Crippen LogP contribution is -2.28. The lowest BCUT2D eigenvalue weighted by molar-refractivity contribution is -0.161. The highest BCUT2D eigenvalue weighted by Gasteiger charge is 2.15. The van der Waals surface area contributed by atoms with E-state index < -0.39 is 12.1 Å². The van der Waals surface area contributed by atoms with E-state index in [-0.39, 0.29) is 25.6 Å². The Labute approximate surface area is 301 Å². The van der Waals surface area contributed by atoms with Gasteiger partial charge in [0, 0.05) is 12.8 Å². The monoisotopic (exact) mass is 681 g/mol. The normalized spacial score (nSPS) is 13.1. The first kappa shape index (κ1) is 46.1. The predicted octanol–water partition coefficient (Wildman–Crippen LogP) is 12.3. The summed E-state index contributed by atoms with van der Waals surface area (Å²) < 4.78 is 10.5. The molecule has 278 valence electrons. The van der Waals surface area contributed by atoms with Gasteiger partial charge in [0.1, 0.15) is 6.61 Å². The Bertz CT molecular complexity index is 952. The van der Waals surface area contributed by atoms with Gasteiger partial charge in [-0.15, -0.1) is 0 Å². The Morgan fingerprint density at radius 2 is 0.918 bits per heavy atom. The van der Waals surface area contributed by atoms with Crippen LogP contribution in [0.25, 0.3) is 0 Å². The molecule has 1 atom stereocenters. The molecule has 0 aliphatic carbocycles. The number of hydrogen-bond acceptors (Lipinski definition) is 5. The summed E-state index contributed by atoms with van der Waals surface area (Å²) in [6.45, 7) is 3.93. The van der Waals surface area contributed by atoms with Gasteiger partial charge >= 0.3 is 11.9 Å². The largest absolute Gasteiger partial charge is 0.462 e. The summed E-state index contributed by atoms with van der Waals surface area (Å²) >= 11 is 0. The zero-order valence-electron chi connectivity index (χ0n) is 31.4. The topological polar surface area (TPSA) is 72.8 Å². The summed E-state index contributed by atoms with van der Waals surface area (Å²) in [6.07, 6.45) is 53.7. The standard InChI is InChI=1S/C44H72O5/c1-3-5-7-9-11-13-15-17-19-21-22-23-25-27-29-31-33-35-37-39-44(47)49-42(40-45)41-48-43(46)38-36-34-32-30-28-26-24-20-18-16-14-12-10-8-6-4-2/h5,7,11,13,17,19-20,22-24,27,29,33,35,42,45H,3-4,6,8-10,12,14-16,18,21,25-26,28,30-32,34,36-41H2,1-2H3/b7-5-,13-11-,19-17-,23-22-,24-20-,29-27-,35-33-. The van der Waals surface area contributed by atoms with Crippen LogP contribution >= 0.6 is 0 Å². The van der Waals surface area contributed by atoms with E-state index in [1.165, 1.54) is 64.2 Å². The maximum absolute atomic E-state index is 12.1. The van der Waals surface area contributed by atoms with Crippen molar-refractivity contribution in [2.45, 2.75) is 168 Å². The van der Waals surface area contributed by atoms with Crippen LogP contribution in [0, 0.1) is 0 Å². The van der Waals surface area contributed by atoms with Gasteiger partial charge in [-0.1, -0.05) is 157 Å². The second-order valence-electron chi connectivity index (χ2n) is 12.6. The van der Waals surface area contributed by atoms with E-state index >= 15 is 0 Å². The highest BCUT2D eigenvalue weighted by atomic mass is 16.6. The Balaban J connectivity index is 3.73. The molecule has 0 aromatic rings. The lowest BCUT2D eigenvalue weighted by atomic mass is 10.1. The third-order valence-electron chi connectivity index (χ3n) is 7.94. The van der Waals surface area contributed by atoms with Crippen LogP contribution in [0.2, 0.25) is 0 Å². The lowest BCUT2D eigenvalue weighted by Gasteiger charge is -2.15. The molecule has 0 fully saturated rings. The quantitative estimate of drug-likeness (QED) is 0.0416. The Hall–Kier alpha value is -2.92. The fourth-order valence-corrected chi connectivity index (χ4v) is 4.98. The van der Waals surface area contributed by atoms with E-state index in [0.29, 0.717) is 12.8 Å². The van der Waals surface area contributed by atoms with Gasteiger partial charge in [0.15, 0.2) is 6.10 Å². The van der Waals surface area contributed by atoms with Gasteiger partial charge in [-0.05, 0) is 77.0 Å². The molecule has 0 saturated carbocycles. The number of aliphatic hydroxyl groups is 1. The molecule has 0 spiro atoms. The zero-order chi connectivity index (χ0) is 35.7. The van der Waals surface area contributed by atoms with Crippen LogP contribution in [0.4, 0.5) is 0 Å². The van der Waals surface area contributed by atoms with Gasteiger partial charge in [0.25, 0.3) is 0 Å². The number of unbranched alkanes of at least 4 members (excludes halogenated alkanes) is 12. The van der Waals surface area contributed by atoms with E-state index in [1.54, 1.807) is 0 Å². The molecule has 0 aliphatic heterocycles. The average molecular weight is 681 g/mol. The van der Waals surface area contributed by atoms with Crippen molar-refractivity contribution in [1.82, 2.24) is 0 Å². The van der Waals surface area contributed by atoms with Gasteiger partial charge < -0.3 is 14.6 Å². The van der Waals surface area contributed by atoms with Gasteiger partial charge in [-0.25, -0.2) is 0 Å². The second kappa shape index (κ2) is 39.5. The number of carbonyl (C=O) groups is 2. The highest BCUT2D eigenvalue weighted by molar-refractivity contribution is 5.70. The Morgan fingerprint density at radius 1 is 0.490 bits per heavy atom. The first-order valence-corrected chi connectivity index (χ1v) is 19.6. The number of rotatable bonds is 34. The molecule has 5 heteroatoms. The highest BCUT2D eigenvalue weighted by Crippen LogP contribution is 2.11. The number of aliphatic hydroxyl groups excluding tert-OH is 1. The summed E-state index contributed by atoms with van der Waals surface area (Å²) in [5, 5.41) is 9.54. The SMILES string of the molecule is CC/C=C\C/C=C\C/C=C\C/C=C\C/C=C\C/C=C\CCC(=O)OC(CO)COC(=O)CCCCCCC/C=C\CCCCCCCCC. The van der Waals surface area contributed by atoms with Crippen molar-refractivity contribution in [2.24, 2.45) is 0 Å². The van der Waals surface area contributed by atoms with E-state index in [9.17, 15) is 14.7 Å². The summed E-state index contributed by atoms with van der Waals surface area (Å²) in [7, 11) is 0. The van der Waals surface area contributed by atoms with Crippen LogP contribution in [-0.2, 0) is 19.1 Å². The van der Waals surface area contributed by atoms with E-state index in [2.05, 4.69) is 86.8 Å². The molecule has 0 aliphatic rings. The number of hydrogen-bond donors (Lipinski definition) is 1. The molecule has 1 unspecified atom stereocenters. The minimum atomic E-state index is -0.819. The summed E-state index contributed by atoms with van der Waals surface area (Å²) in [4.78, 5) is 24.2. The molecule has 0 aromatic carbocycles. The minimum absolute atomic E-state index is 0.105. The van der Waals surface area contributed by atoms with E-state index in [1.807, 2.05) is 12.2 Å². The summed E-state index contributed by atoms with van der Waals surface area (Å²) in [5.41, 5.74) is 0. The van der Waals surface area contributed by atoms with E-state index in [0.717, 1.165) is 64.2 Å². The molecule has 1 N–H and O–H groups in total. The van der Waals surface area contributed by atoms with Crippen molar-refractivity contribution in [3.63, 3.8) is 0 Å². The predicted molar refractivity (Wildman–Crippen MR) is 209 cm³/mol. The van der Waals surface area contributed by atoms with Crippen LogP contribution in [0.3, 0.4) is 0 Å². The third-order valence-corrected chi connectivity index (χ3v) is 7.94. The van der Waals surface area contributed by atoms with Gasteiger partial charge in [0.05, 0.1) is 6.61 Å². The second-order valence-corrected chi connectivity index (χ2v) is 12.6. The first-order chi connectivity index (χ1) is 24.1. The molecule has 0 aromatic heterocycles. The van der Waals surface area contributed by atoms with Crippen molar-refractivity contribution in [3.8, 4) is 0 Å². The molecule has 0 heterocycles. The van der Waals surface area contributed by atoms with Crippen LogP contribution in [-0.4, -0.2) is 36.4 Å². The first-order valence-electron chi connectivity index (χ1n) is 19.6. The van der Waals surface area contributed by atoms with Crippen LogP contribution in [0.15, 0.2) is 85.1 Å². The van der Waals surface area contributed by atoms with Crippen molar-refractivity contribution in [3.05, 3.63) is 85.1 Å². The van der Waals surface area contributed by atoms with Gasteiger partial charge in [-0.3, -0.25) is 9.59 Å². The fourth-order valence-electron chi connectivity index (χ4n) is 4.98. The molecule has 0 radical (unpaired) electrons. The van der Waals surface area contributed by atoms with Crippen molar-refractivity contribution < 1.29 is 24.2 Å². The molecule has 0 rings (SSSR count). The molecule has 0 bridgehead atoms. The van der Waals surface area contributed by atoms with Crippen molar-refractivity contribution in [2.75, 3.05) is 13.2 Å². The number of carbonyl (C=O) groups excluding carboxylic acids is 2. The van der Waals surface area contributed by atoms with Crippen molar-refractivity contribution in [1.29, 1.82) is 0 Å². The third kappa shape index (κ3) is 37.7. The minimum Gasteiger partial charge on any atom is -0.462 e. The smallest absolute Gasteiger partial charge is 0.306 e. The molecule has 0 saturated heterocycles. The maximum Gasteiger partial charge on any atom is 0.306 e. The van der Waals surface area contributed by atoms with Crippen LogP contribution < -0.4 is 0 Å². The molecule has 49 heavy (non-hydrogen) atoms. The molecule has 0 amide bonds. The summed E-state index contributed by atoms with van der Waals surface area (Å²) in [5.74, 6) is -0.706. The Kier molecular flexibility index (Phi) is 37.2. The number of ether oxygens (including phenoxy) is 2. The van der Waals surface area contributed by atoms with Gasteiger partial charge in [0.2, 0.25) is 0 Å². The number of allylic oxidation sites excluding steroid dienone is 14. The average Bonchev–Trinajstić information content (AvgIpc) is 3.10. The van der Waals surface area contributed by atoms with E-state index in [4.69, 9.17) is 9.47 Å². The Morgan fingerprint density at radius 3 is 1.41 bits per heavy atom. The molecular formula is C44H72O5. The zero-order valence-corrected chi connectivity index (χ0v) is 31.4. The fraction of sp³-hybridized carbons (Fsp3) is 0.636. The summed E-state index contributed by atoms with van der Waals surface area (Å²) in [6, 6.07) is 0. The van der Waals surface area contributed by atoms with Gasteiger partial charge in [-0.2, -0.15) is 0 Å². The maximum atomic E-state index is 12.1. The van der Waals surface area contributed by atoms with Crippen LogP contribution in [0.1, 0.15) is 162 Å².